The minimum absolute atomic E-state index is 0.439. The maximum atomic E-state index is 5.72. The van der Waals surface area contributed by atoms with Gasteiger partial charge in [0.15, 0.2) is 0 Å². The van der Waals surface area contributed by atoms with Crippen molar-refractivity contribution in [1.29, 1.82) is 0 Å². The van der Waals surface area contributed by atoms with Crippen molar-refractivity contribution in [1.82, 2.24) is 4.90 Å². The molecule has 0 aliphatic heterocycles. The molecule has 1 aliphatic carbocycles. The molecule has 0 aromatic heterocycles. The van der Waals surface area contributed by atoms with Gasteiger partial charge in [-0.1, -0.05) is 31.5 Å². The number of ether oxygens (including phenoxy) is 1. The van der Waals surface area contributed by atoms with E-state index in [2.05, 4.69) is 18.0 Å². The summed E-state index contributed by atoms with van der Waals surface area (Å²) in [5.74, 6) is 0.910. The lowest BCUT2D eigenvalue weighted by atomic mass is 9.94. The van der Waals surface area contributed by atoms with Crippen molar-refractivity contribution >= 4 is 17.2 Å². The summed E-state index contributed by atoms with van der Waals surface area (Å²) in [6.45, 7) is 0.879. The number of rotatable bonds is 5. The average molecular weight is 292 g/mol. The van der Waals surface area contributed by atoms with Gasteiger partial charge >= 0.3 is 0 Å². The highest BCUT2D eigenvalue weighted by Crippen LogP contribution is 2.26. The summed E-state index contributed by atoms with van der Waals surface area (Å²) in [6.07, 6.45) is 6.67. The molecule has 3 nitrogen and oxygen atoms in total. The van der Waals surface area contributed by atoms with Crippen LogP contribution in [0.3, 0.4) is 0 Å². The average Bonchev–Trinajstić information content (AvgIpc) is 2.48. The van der Waals surface area contributed by atoms with E-state index in [-0.39, 0.29) is 0 Å². The Morgan fingerprint density at radius 1 is 1.35 bits per heavy atom. The Kier molecular flexibility index (Phi) is 5.38. The second kappa shape index (κ2) is 7.04. The van der Waals surface area contributed by atoms with Crippen molar-refractivity contribution in [3.63, 3.8) is 0 Å². The molecule has 0 spiro atoms. The first-order valence-corrected chi connectivity index (χ1v) is 7.69. The Morgan fingerprint density at radius 3 is 2.65 bits per heavy atom. The molecular formula is C16H24N2OS. The van der Waals surface area contributed by atoms with Gasteiger partial charge in [-0.25, -0.2) is 0 Å². The second-order valence-corrected chi connectivity index (χ2v) is 6.04. The van der Waals surface area contributed by atoms with Crippen molar-refractivity contribution < 1.29 is 4.74 Å². The predicted molar refractivity (Wildman–Crippen MR) is 87.2 cm³/mol. The van der Waals surface area contributed by atoms with E-state index in [0.29, 0.717) is 11.0 Å². The van der Waals surface area contributed by atoms with Gasteiger partial charge in [-0.3, -0.25) is 4.90 Å². The fraction of sp³-hybridized carbons (Fsp3) is 0.562. The lowest BCUT2D eigenvalue weighted by Crippen LogP contribution is -2.33. The SMILES string of the molecule is COc1ccc(C(N)=S)cc1CN(C)C1CCCCC1. The first-order valence-electron chi connectivity index (χ1n) is 7.28. The van der Waals surface area contributed by atoms with Crippen LogP contribution in [0.2, 0.25) is 0 Å². The van der Waals surface area contributed by atoms with E-state index in [9.17, 15) is 0 Å². The van der Waals surface area contributed by atoms with Crippen molar-refractivity contribution in [3.8, 4) is 5.75 Å². The number of benzene rings is 1. The summed E-state index contributed by atoms with van der Waals surface area (Å²) in [6, 6.07) is 6.62. The molecule has 1 saturated carbocycles. The molecule has 2 rings (SSSR count). The number of nitrogens with two attached hydrogens (primary N) is 1. The fourth-order valence-electron chi connectivity index (χ4n) is 2.98. The molecule has 0 atom stereocenters. The molecular weight excluding hydrogens is 268 g/mol. The van der Waals surface area contributed by atoms with Crippen LogP contribution in [-0.4, -0.2) is 30.1 Å². The monoisotopic (exact) mass is 292 g/mol. The Morgan fingerprint density at radius 2 is 2.05 bits per heavy atom. The van der Waals surface area contributed by atoms with Gasteiger partial charge in [0.1, 0.15) is 10.7 Å². The van der Waals surface area contributed by atoms with Gasteiger partial charge in [-0.2, -0.15) is 0 Å². The van der Waals surface area contributed by atoms with Gasteiger partial charge in [0.05, 0.1) is 7.11 Å². The highest BCUT2D eigenvalue weighted by molar-refractivity contribution is 7.80. The maximum absolute atomic E-state index is 5.72. The van der Waals surface area contributed by atoms with Crippen molar-refractivity contribution in [3.05, 3.63) is 29.3 Å². The number of hydrogen-bond donors (Lipinski definition) is 1. The Bertz CT molecular complexity index is 470. The van der Waals surface area contributed by atoms with Gasteiger partial charge in [-0.15, -0.1) is 0 Å². The number of methoxy groups -OCH3 is 1. The molecule has 4 heteroatoms. The van der Waals surface area contributed by atoms with E-state index in [0.717, 1.165) is 23.4 Å². The standard InChI is InChI=1S/C16H24N2OS/c1-18(14-6-4-3-5-7-14)11-13-10-12(16(17)20)8-9-15(13)19-2/h8-10,14H,3-7,11H2,1-2H3,(H2,17,20). The molecule has 1 aliphatic rings. The smallest absolute Gasteiger partial charge is 0.123 e. The van der Waals surface area contributed by atoms with Crippen LogP contribution < -0.4 is 10.5 Å². The molecule has 0 radical (unpaired) electrons. The molecule has 2 N–H and O–H groups in total. The molecule has 1 aromatic carbocycles. The summed E-state index contributed by atoms with van der Waals surface area (Å²) >= 11 is 5.06. The van der Waals surface area contributed by atoms with Crippen molar-refractivity contribution in [2.24, 2.45) is 5.73 Å². The largest absolute Gasteiger partial charge is 0.496 e. The van der Waals surface area contributed by atoms with Crippen LogP contribution in [-0.2, 0) is 6.54 Å². The summed E-state index contributed by atoms with van der Waals surface area (Å²) in [5.41, 5.74) is 7.79. The maximum Gasteiger partial charge on any atom is 0.123 e. The first-order chi connectivity index (χ1) is 9.61. The Balaban J connectivity index is 2.13. The van der Waals surface area contributed by atoms with Gasteiger partial charge in [0.25, 0.3) is 0 Å². The summed E-state index contributed by atoms with van der Waals surface area (Å²) in [7, 11) is 3.91. The first kappa shape index (κ1) is 15.3. The van der Waals surface area contributed by atoms with Crippen LogP contribution in [0, 0.1) is 0 Å². The summed E-state index contributed by atoms with van der Waals surface area (Å²) < 4.78 is 5.46. The van der Waals surface area contributed by atoms with Crippen molar-refractivity contribution in [2.75, 3.05) is 14.2 Å². The zero-order valence-corrected chi connectivity index (χ0v) is 13.2. The molecule has 20 heavy (non-hydrogen) atoms. The van der Waals surface area contributed by atoms with E-state index in [1.165, 1.54) is 32.1 Å². The fourth-order valence-corrected chi connectivity index (χ4v) is 3.10. The minimum atomic E-state index is 0.439. The highest BCUT2D eigenvalue weighted by Gasteiger charge is 2.19. The minimum Gasteiger partial charge on any atom is -0.496 e. The third kappa shape index (κ3) is 3.70. The van der Waals surface area contributed by atoms with Crippen molar-refractivity contribution in [2.45, 2.75) is 44.7 Å². The molecule has 110 valence electrons. The third-order valence-corrected chi connectivity index (χ3v) is 4.42. The molecule has 0 saturated heterocycles. The molecule has 0 bridgehead atoms. The molecule has 0 amide bonds. The van der Waals surface area contributed by atoms with Gasteiger partial charge < -0.3 is 10.5 Å². The molecule has 0 unspecified atom stereocenters. The van der Waals surface area contributed by atoms with E-state index in [1.807, 2.05) is 12.1 Å². The van der Waals surface area contributed by atoms with Crippen LogP contribution in [0.4, 0.5) is 0 Å². The molecule has 0 heterocycles. The second-order valence-electron chi connectivity index (χ2n) is 5.60. The third-order valence-electron chi connectivity index (χ3n) is 4.18. The van der Waals surface area contributed by atoms with Gasteiger partial charge in [0.2, 0.25) is 0 Å². The van der Waals surface area contributed by atoms with Gasteiger partial charge in [-0.05, 0) is 38.1 Å². The Labute approximate surface area is 127 Å². The normalized spacial score (nSPS) is 16.4. The van der Waals surface area contributed by atoms with E-state index < -0.39 is 0 Å². The zero-order chi connectivity index (χ0) is 14.5. The van der Waals surface area contributed by atoms with Crippen LogP contribution in [0.25, 0.3) is 0 Å². The van der Waals surface area contributed by atoms with E-state index in [1.54, 1.807) is 7.11 Å². The van der Waals surface area contributed by atoms with Crippen LogP contribution in [0.15, 0.2) is 18.2 Å². The van der Waals surface area contributed by atoms with Crippen LogP contribution in [0.1, 0.15) is 43.2 Å². The zero-order valence-electron chi connectivity index (χ0n) is 12.4. The topological polar surface area (TPSA) is 38.5 Å². The van der Waals surface area contributed by atoms with E-state index >= 15 is 0 Å². The van der Waals surface area contributed by atoms with Gasteiger partial charge in [0, 0.05) is 23.7 Å². The van der Waals surface area contributed by atoms with Crippen LogP contribution in [0.5, 0.6) is 5.75 Å². The quantitative estimate of drug-likeness (QED) is 0.846. The lowest BCUT2D eigenvalue weighted by Gasteiger charge is -2.31. The molecule has 1 aromatic rings. The number of hydrogen-bond acceptors (Lipinski definition) is 3. The Hall–Kier alpha value is -1.13. The summed E-state index contributed by atoms with van der Waals surface area (Å²) in [4.78, 5) is 2.87. The van der Waals surface area contributed by atoms with E-state index in [4.69, 9.17) is 22.7 Å². The molecule has 1 fully saturated rings. The number of thiocarbonyl (C=S) groups is 1. The predicted octanol–water partition coefficient (Wildman–Crippen LogP) is 3.09. The lowest BCUT2D eigenvalue weighted by molar-refractivity contribution is 0.183. The van der Waals surface area contributed by atoms with Crippen LogP contribution >= 0.6 is 12.2 Å². The summed E-state index contributed by atoms with van der Waals surface area (Å²) in [5, 5.41) is 0. The highest BCUT2D eigenvalue weighted by atomic mass is 32.1. The number of nitrogens with zero attached hydrogens (tertiary/aromatic N) is 1.